The van der Waals surface area contributed by atoms with Gasteiger partial charge in [-0.1, -0.05) is 18.6 Å². The minimum atomic E-state index is -0.344. The molecule has 2 saturated heterocycles. The van der Waals surface area contributed by atoms with E-state index in [-0.39, 0.29) is 29.7 Å². The first-order valence-electron chi connectivity index (χ1n) is 9.47. The number of carbonyl (C=O) groups is 2. The van der Waals surface area contributed by atoms with Gasteiger partial charge >= 0.3 is 6.03 Å². The molecule has 2 fully saturated rings. The van der Waals surface area contributed by atoms with Crippen LogP contribution < -0.4 is 15.4 Å². The van der Waals surface area contributed by atoms with Crippen LogP contribution in [-0.2, 0) is 4.79 Å². The molecule has 7 heteroatoms. The smallest absolute Gasteiger partial charge is 0.322 e. The third-order valence-corrected chi connectivity index (χ3v) is 5.16. The zero-order chi connectivity index (χ0) is 19.5. The van der Waals surface area contributed by atoms with E-state index in [0.717, 1.165) is 19.3 Å². The Hall–Kier alpha value is -3.09. The lowest BCUT2D eigenvalue weighted by atomic mass is 9.99. The van der Waals surface area contributed by atoms with E-state index >= 15 is 0 Å². The Bertz CT molecular complexity index is 871. The number of likely N-dealkylation sites (tertiary alicyclic amines) is 1. The van der Waals surface area contributed by atoms with Crippen molar-refractivity contribution in [1.82, 2.24) is 10.2 Å². The van der Waals surface area contributed by atoms with Gasteiger partial charge in [-0.25, -0.2) is 9.18 Å². The fourth-order valence-electron chi connectivity index (χ4n) is 3.70. The van der Waals surface area contributed by atoms with E-state index in [2.05, 4.69) is 10.6 Å². The SMILES string of the molecule is O=C1N[C@H]2CCC[C@@H]1CN(C(=O)Nc1ccccc1Oc1ccc(F)cc1)C2. The molecule has 2 N–H and O–H groups in total. The van der Waals surface area contributed by atoms with Crippen molar-refractivity contribution in [2.75, 3.05) is 18.4 Å². The maximum Gasteiger partial charge on any atom is 0.322 e. The van der Waals surface area contributed by atoms with Crippen LogP contribution in [0.1, 0.15) is 19.3 Å². The number of nitrogens with one attached hydrogen (secondary N) is 2. The molecular formula is C21H22FN3O3. The number of rotatable bonds is 3. The van der Waals surface area contributed by atoms with E-state index in [0.29, 0.717) is 30.3 Å². The number of halogens is 1. The summed E-state index contributed by atoms with van der Waals surface area (Å²) >= 11 is 0. The molecule has 6 nitrogen and oxygen atoms in total. The van der Waals surface area contributed by atoms with Crippen LogP contribution >= 0.6 is 0 Å². The number of ether oxygens (including phenoxy) is 1. The lowest BCUT2D eigenvalue weighted by Crippen LogP contribution is -2.43. The predicted molar refractivity (Wildman–Crippen MR) is 103 cm³/mol. The Kier molecular flexibility index (Phi) is 5.14. The predicted octanol–water partition coefficient (Wildman–Crippen LogP) is 3.75. The Balaban J connectivity index is 1.49. The van der Waals surface area contributed by atoms with Crippen molar-refractivity contribution in [3.05, 3.63) is 54.3 Å². The summed E-state index contributed by atoms with van der Waals surface area (Å²) in [5.74, 6) is 0.472. The van der Waals surface area contributed by atoms with Crippen LogP contribution in [-0.4, -0.2) is 36.0 Å². The maximum atomic E-state index is 13.1. The Morgan fingerprint density at radius 1 is 1.11 bits per heavy atom. The number of nitrogens with zero attached hydrogens (tertiary/aromatic N) is 1. The highest BCUT2D eigenvalue weighted by atomic mass is 19.1. The molecule has 0 aromatic heterocycles. The Morgan fingerprint density at radius 3 is 2.71 bits per heavy atom. The summed E-state index contributed by atoms with van der Waals surface area (Å²) in [6, 6.07) is 12.5. The van der Waals surface area contributed by atoms with Crippen molar-refractivity contribution < 1.29 is 18.7 Å². The van der Waals surface area contributed by atoms with Crippen molar-refractivity contribution in [2.24, 2.45) is 5.92 Å². The highest BCUT2D eigenvalue weighted by Crippen LogP contribution is 2.30. The van der Waals surface area contributed by atoms with E-state index in [4.69, 9.17) is 4.74 Å². The molecule has 2 bridgehead atoms. The van der Waals surface area contributed by atoms with Crippen LogP contribution in [0.4, 0.5) is 14.9 Å². The number of para-hydroxylation sites is 2. The van der Waals surface area contributed by atoms with Gasteiger partial charge in [-0.15, -0.1) is 0 Å². The first-order valence-corrected chi connectivity index (χ1v) is 9.47. The molecule has 0 radical (unpaired) electrons. The summed E-state index contributed by atoms with van der Waals surface area (Å²) in [6.07, 6.45) is 2.69. The van der Waals surface area contributed by atoms with Crippen molar-refractivity contribution in [3.8, 4) is 11.5 Å². The molecule has 0 spiro atoms. The number of hydrogen-bond donors (Lipinski definition) is 2. The molecule has 0 saturated carbocycles. The van der Waals surface area contributed by atoms with Crippen molar-refractivity contribution in [2.45, 2.75) is 25.3 Å². The van der Waals surface area contributed by atoms with Crippen molar-refractivity contribution in [1.29, 1.82) is 0 Å². The second kappa shape index (κ2) is 7.88. The summed E-state index contributed by atoms with van der Waals surface area (Å²) in [7, 11) is 0. The quantitative estimate of drug-likeness (QED) is 0.848. The summed E-state index contributed by atoms with van der Waals surface area (Å²) < 4.78 is 18.9. The summed E-state index contributed by atoms with van der Waals surface area (Å²) in [5.41, 5.74) is 0.519. The number of carbonyl (C=O) groups excluding carboxylic acids is 2. The molecule has 146 valence electrons. The normalized spacial score (nSPS) is 21.5. The average molecular weight is 383 g/mol. The molecule has 2 aromatic carbocycles. The molecule has 2 atom stereocenters. The minimum absolute atomic E-state index is 0.00328. The second-order valence-electron chi connectivity index (χ2n) is 7.22. The van der Waals surface area contributed by atoms with E-state index in [1.165, 1.54) is 24.3 Å². The number of benzene rings is 2. The monoisotopic (exact) mass is 383 g/mol. The largest absolute Gasteiger partial charge is 0.455 e. The molecule has 0 unspecified atom stereocenters. The third kappa shape index (κ3) is 4.08. The van der Waals surface area contributed by atoms with Gasteiger partial charge in [0, 0.05) is 19.1 Å². The minimum Gasteiger partial charge on any atom is -0.455 e. The van der Waals surface area contributed by atoms with Crippen molar-refractivity contribution >= 4 is 17.6 Å². The molecule has 4 rings (SSSR count). The van der Waals surface area contributed by atoms with Crippen LogP contribution in [0.25, 0.3) is 0 Å². The van der Waals surface area contributed by atoms with E-state index in [1.54, 1.807) is 29.2 Å². The Morgan fingerprint density at radius 2 is 1.89 bits per heavy atom. The van der Waals surface area contributed by atoms with Gasteiger partial charge in [0.15, 0.2) is 5.75 Å². The number of amides is 3. The summed E-state index contributed by atoms with van der Waals surface area (Å²) in [6.45, 7) is 0.907. The summed E-state index contributed by atoms with van der Waals surface area (Å²) in [5, 5.41) is 5.91. The molecule has 28 heavy (non-hydrogen) atoms. The lowest BCUT2D eigenvalue weighted by molar-refractivity contribution is -0.124. The van der Waals surface area contributed by atoms with Crippen LogP contribution in [0.2, 0.25) is 0 Å². The molecule has 2 aliphatic heterocycles. The van der Waals surface area contributed by atoms with Gasteiger partial charge in [-0.05, 0) is 49.2 Å². The van der Waals surface area contributed by atoms with Crippen LogP contribution in [0.3, 0.4) is 0 Å². The second-order valence-corrected chi connectivity index (χ2v) is 7.22. The standard InChI is InChI=1S/C21H22FN3O3/c22-15-8-10-17(11-9-15)28-19-7-2-1-6-18(19)24-21(27)25-12-14-4-3-5-16(13-25)23-20(14)26/h1-2,6-11,14,16H,3-5,12-13H2,(H,23,26)(H,24,27)/t14-,16+/m1/s1. The van der Waals surface area contributed by atoms with Crippen LogP contribution in [0, 0.1) is 11.7 Å². The van der Waals surface area contributed by atoms with Gasteiger partial charge in [0.05, 0.1) is 11.6 Å². The topological polar surface area (TPSA) is 70.7 Å². The van der Waals surface area contributed by atoms with Gasteiger partial charge in [-0.3, -0.25) is 4.79 Å². The number of hydrogen-bond acceptors (Lipinski definition) is 3. The average Bonchev–Trinajstić information content (AvgIpc) is 2.93. The van der Waals surface area contributed by atoms with E-state index in [1.807, 2.05) is 0 Å². The highest BCUT2D eigenvalue weighted by Gasteiger charge is 2.34. The Labute approximate surface area is 162 Å². The van der Waals surface area contributed by atoms with E-state index in [9.17, 15) is 14.0 Å². The fourth-order valence-corrected chi connectivity index (χ4v) is 3.70. The highest BCUT2D eigenvalue weighted by molar-refractivity contribution is 5.92. The third-order valence-electron chi connectivity index (χ3n) is 5.16. The van der Waals surface area contributed by atoms with Gasteiger partial charge in [-0.2, -0.15) is 0 Å². The zero-order valence-electron chi connectivity index (χ0n) is 15.4. The van der Waals surface area contributed by atoms with Gasteiger partial charge in [0.25, 0.3) is 0 Å². The number of urea groups is 1. The zero-order valence-corrected chi connectivity index (χ0v) is 15.4. The van der Waals surface area contributed by atoms with Crippen molar-refractivity contribution in [3.63, 3.8) is 0 Å². The molecule has 0 aliphatic carbocycles. The molecular weight excluding hydrogens is 361 g/mol. The van der Waals surface area contributed by atoms with Gasteiger partial charge < -0.3 is 20.3 Å². The van der Waals surface area contributed by atoms with Gasteiger partial charge in [0.2, 0.25) is 5.91 Å². The molecule has 2 aliphatic rings. The van der Waals surface area contributed by atoms with Crippen LogP contribution in [0.5, 0.6) is 11.5 Å². The molecule has 3 amide bonds. The maximum absolute atomic E-state index is 13.1. The molecule has 2 heterocycles. The first kappa shape index (κ1) is 18.3. The number of anilines is 1. The van der Waals surface area contributed by atoms with Gasteiger partial charge in [0.1, 0.15) is 11.6 Å². The van der Waals surface area contributed by atoms with E-state index < -0.39 is 0 Å². The first-order chi connectivity index (χ1) is 13.6. The number of fused-ring (bicyclic) bond motifs is 3. The van der Waals surface area contributed by atoms with Crippen LogP contribution in [0.15, 0.2) is 48.5 Å². The molecule has 2 aromatic rings. The summed E-state index contributed by atoms with van der Waals surface area (Å²) in [4.78, 5) is 26.8. The lowest BCUT2D eigenvalue weighted by Gasteiger charge is -2.28. The fraction of sp³-hybridized carbons (Fsp3) is 0.333.